The van der Waals surface area contributed by atoms with E-state index >= 15 is 0 Å². The molecular weight excluding hydrogens is 114 g/mol. The van der Waals surface area contributed by atoms with E-state index in [4.69, 9.17) is 0 Å². The van der Waals surface area contributed by atoms with Gasteiger partial charge in [-0.05, 0) is 25.8 Å². The molecule has 0 unspecified atom stereocenters. The monoisotopic (exact) mass is 129 g/mol. The standard InChI is InChI=1S/C7H15NO/c1-6-5-8-4-3-7(6,2)9/h6,8-9H,3-5H2,1-2H3/t6-,7+/m1/s1. The zero-order chi connectivity index (χ0) is 6.91. The van der Waals surface area contributed by atoms with Crippen LogP contribution in [0.25, 0.3) is 0 Å². The fraction of sp³-hybridized carbons (Fsp3) is 1.00. The predicted octanol–water partition coefficient (Wildman–Crippen LogP) is 0.367. The third-order valence-electron chi connectivity index (χ3n) is 2.32. The van der Waals surface area contributed by atoms with Crippen molar-refractivity contribution in [3.05, 3.63) is 0 Å². The van der Waals surface area contributed by atoms with Gasteiger partial charge in [0.2, 0.25) is 0 Å². The van der Waals surface area contributed by atoms with E-state index in [1.54, 1.807) is 0 Å². The molecule has 2 atom stereocenters. The van der Waals surface area contributed by atoms with Gasteiger partial charge in [-0.15, -0.1) is 0 Å². The molecule has 2 heteroatoms. The number of hydrogen-bond donors (Lipinski definition) is 2. The molecule has 0 aromatic heterocycles. The molecule has 0 spiro atoms. The number of rotatable bonds is 0. The summed E-state index contributed by atoms with van der Waals surface area (Å²) in [7, 11) is 0. The van der Waals surface area contributed by atoms with Crippen LogP contribution >= 0.6 is 0 Å². The van der Waals surface area contributed by atoms with E-state index in [1.807, 2.05) is 6.92 Å². The Balaban J connectivity index is 2.49. The second-order valence-electron chi connectivity index (χ2n) is 3.21. The lowest BCUT2D eigenvalue weighted by molar-refractivity contribution is -0.0160. The molecule has 2 nitrogen and oxygen atoms in total. The summed E-state index contributed by atoms with van der Waals surface area (Å²) in [6.07, 6.45) is 0.883. The Hall–Kier alpha value is -0.0800. The van der Waals surface area contributed by atoms with Gasteiger partial charge in [0.15, 0.2) is 0 Å². The first-order valence-corrected chi connectivity index (χ1v) is 3.56. The average molecular weight is 129 g/mol. The maximum Gasteiger partial charge on any atom is 0.0669 e. The van der Waals surface area contributed by atoms with Crippen molar-refractivity contribution in [1.29, 1.82) is 0 Å². The first-order chi connectivity index (χ1) is 4.13. The summed E-state index contributed by atoms with van der Waals surface area (Å²) in [6, 6.07) is 0. The molecule has 9 heavy (non-hydrogen) atoms. The fourth-order valence-electron chi connectivity index (χ4n) is 1.13. The van der Waals surface area contributed by atoms with Crippen molar-refractivity contribution in [3.63, 3.8) is 0 Å². The summed E-state index contributed by atoms with van der Waals surface area (Å²) < 4.78 is 0. The molecule has 0 radical (unpaired) electrons. The lowest BCUT2D eigenvalue weighted by Gasteiger charge is -2.35. The minimum Gasteiger partial charge on any atom is -0.390 e. The van der Waals surface area contributed by atoms with Crippen molar-refractivity contribution in [3.8, 4) is 0 Å². The van der Waals surface area contributed by atoms with E-state index in [1.165, 1.54) is 0 Å². The summed E-state index contributed by atoms with van der Waals surface area (Å²) in [5.74, 6) is 0.395. The van der Waals surface area contributed by atoms with Gasteiger partial charge in [-0.3, -0.25) is 0 Å². The van der Waals surface area contributed by atoms with Gasteiger partial charge in [-0.2, -0.15) is 0 Å². The number of hydrogen-bond acceptors (Lipinski definition) is 2. The van der Waals surface area contributed by atoms with Crippen LogP contribution in [0.15, 0.2) is 0 Å². The van der Waals surface area contributed by atoms with E-state index in [0.717, 1.165) is 19.5 Å². The Morgan fingerprint density at radius 1 is 1.67 bits per heavy atom. The Labute approximate surface area is 56.3 Å². The molecule has 0 saturated carbocycles. The molecule has 0 aromatic carbocycles. The van der Waals surface area contributed by atoms with Crippen molar-refractivity contribution in [1.82, 2.24) is 5.32 Å². The zero-order valence-corrected chi connectivity index (χ0v) is 6.15. The highest BCUT2D eigenvalue weighted by Gasteiger charge is 2.30. The van der Waals surface area contributed by atoms with E-state index in [0.29, 0.717) is 5.92 Å². The maximum atomic E-state index is 9.60. The van der Waals surface area contributed by atoms with Crippen molar-refractivity contribution in [2.45, 2.75) is 25.9 Å². The SMILES string of the molecule is C[C@@H]1CNCC[C@]1(C)O. The molecule has 0 amide bonds. The van der Waals surface area contributed by atoms with Crippen LogP contribution in [0.1, 0.15) is 20.3 Å². The number of aliphatic hydroxyl groups is 1. The molecule has 0 aromatic rings. The van der Waals surface area contributed by atoms with Crippen LogP contribution in [-0.4, -0.2) is 23.8 Å². The minimum absolute atomic E-state index is 0.395. The Bertz CT molecular complexity index is 101. The fourth-order valence-corrected chi connectivity index (χ4v) is 1.13. The third kappa shape index (κ3) is 1.43. The highest BCUT2D eigenvalue weighted by molar-refractivity contribution is 4.85. The van der Waals surface area contributed by atoms with Gasteiger partial charge >= 0.3 is 0 Å². The van der Waals surface area contributed by atoms with E-state index in [9.17, 15) is 5.11 Å². The third-order valence-corrected chi connectivity index (χ3v) is 2.32. The molecule has 1 aliphatic rings. The molecule has 54 valence electrons. The molecule has 0 bridgehead atoms. The van der Waals surface area contributed by atoms with Gasteiger partial charge < -0.3 is 10.4 Å². The van der Waals surface area contributed by atoms with Crippen molar-refractivity contribution >= 4 is 0 Å². The van der Waals surface area contributed by atoms with Crippen LogP contribution in [0.4, 0.5) is 0 Å². The quantitative estimate of drug-likeness (QED) is 0.495. The smallest absolute Gasteiger partial charge is 0.0669 e. The van der Waals surface area contributed by atoms with Gasteiger partial charge in [0, 0.05) is 6.54 Å². The average Bonchev–Trinajstić information content (AvgIpc) is 1.77. The Morgan fingerprint density at radius 2 is 2.33 bits per heavy atom. The van der Waals surface area contributed by atoms with Gasteiger partial charge in [0.05, 0.1) is 5.60 Å². The van der Waals surface area contributed by atoms with Crippen LogP contribution in [-0.2, 0) is 0 Å². The molecule has 1 rings (SSSR count). The number of piperidine rings is 1. The van der Waals surface area contributed by atoms with E-state index < -0.39 is 5.60 Å². The second-order valence-corrected chi connectivity index (χ2v) is 3.21. The topological polar surface area (TPSA) is 32.3 Å². The van der Waals surface area contributed by atoms with Crippen LogP contribution < -0.4 is 5.32 Å². The van der Waals surface area contributed by atoms with Gasteiger partial charge in [-0.25, -0.2) is 0 Å². The molecule has 1 aliphatic heterocycles. The molecular formula is C7H15NO. The molecule has 1 heterocycles. The molecule has 2 N–H and O–H groups in total. The van der Waals surface area contributed by atoms with E-state index in [2.05, 4.69) is 12.2 Å². The molecule has 1 fully saturated rings. The van der Waals surface area contributed by atoms with Crippen LogP contribution in [0.2, 0.25) is 0 Å². The van der Waals surface area contributed by atoms with E-state index in [-0.39, 0.29) is 0 Å². The summed E-state index contributed by atoms with van der Waals surface area (Å²) in [4.78, 5) is 0. The van der Waals surface area contributed by atoms with Crippen LogP contribution in [0.3, 0.4) is 0 Å². The predicted molar refractivity (Wildman–Crippen MR) is 37.3 cm³/mol. The van der Waals surface area contributed by atoms with Crippen molar-refractivity contribution < 1.29 is 5.11 Å². The summed E-state index contributed by atoms with van der Waals surface area (Å²) in [5.41, 5.74) is -0.425. The lowest BCUT2D eigenvalue weighted by Crippen LogP contribution is -2.46. The lowest BCUT2D eigenvalue weighted by atomic mass is 9.85. The largest absolute Gasteiger partial charge is 0.390 e. The Kier molecular flexibility index (Phi) is 1.78. The highest BCUT2D eigenvalue weighted by atomic mass is 16.3. The highest BCUT2D eigenvalue weighted by Crippen LogP contribution is 2.22. The zero-order valence-electron chi connectivity index (χ0n) is 6.15. The summed E-state index contributed by atoms with van der Waals surface area (Å²) in [5, 5.41) is 12.8. The maximum absolute atomic E-state index is 9.60. The molecule has 0 aliphatic carbocycles. The van der Waals surface area contributed by atoms with Gasteiger partial charge in [0.1, 0.15) is 0 Å². The molecule has 1 saturated heterocycles. The van der Waals surface area contributed by atoms with Gasteiger partial charge in [0.25, 0.3) is 0 Å². The van der Waals surface area contributed by atoms with Gasteiger partial charge in [-0.1, -0.05) is 6.92 Å². The Morgan fingerprint density at radius 3 is 2.67 bits per heavy atom. The minimum atomic E-state index is -0.425. The van der Waals surface area contributed by atoms with Crippen LogP contribution in [0.5, 0.6) is 0 Å². The number of nitrogens with one attached hydrogen (secondary N) is 1. The first-order valence-electron chi connectivity index (χ1n) is 3.56. The second kappa shape index (κ2) is 2.27. The summed E-state index contributed by atoms with van der Waals surface area (Å²) >= 11 is 0. The van der Waals surface area contributed by atoms with Crippen molar-refractivity contribution in [2.24, 2.45) is 5.92 Å². The summed E-state index contributed by atoms with van der Waals surface area (Å²) in [6.45, 7) is 5.90. The normalized spacial score (nSPS) is 45.0. The van der Waals surface area contributed by atoms with Crippen molar-refractivity contribution in [2.75, 3.05) is 13.1 Å². The van der Waals surface area contributed by atoms with Crippen LogP contribution in [0, 0.1) is 5.92 Å². The first kappa shape index (κ1) is 7.03.